The second-order valence-corrected chi connectivity index (χ2v) is 8.62. The molecule has 0 aromatic heterocycles. The van der Waals surface area contributed by atoms with Gasteiger partial charge >= 0.3 is 0 Å². The third-order valence-corrected chi connectivity index (χ3v) is 6.68. The summed E-state index contributed by atoms with van der Waals surface area (Å²) in [5.74, 6) is 0.187. The number of hydrogen-bond acceptors (Lipinski definition) is 6. The minimum atomic E-state index is -0.865. The minimum Gasteiger partial charge on any atom is -0.463 e. The summed E-state index contributed by atoms with van der Waals surface area (Å²) >= 11 is 0. The standard InChI is InChI=1S/C23H21N3O5/c1-22(2)17-13-15(25-20(27)8-9-21(25)28)4-6-18(17)24(3)23(22)11-10-14-12-16(26(29)30)5-7-19(14)31-23/h4-7,10-13H,8-9H2,1-3H3. The SMILES string of the molecule is CN1c2ccc(N3C(=O)CCC3=O)cc2C(C)(C)C12C=Cc1cc([N+](=O)[O-])ccc1O2. The number of benzene rings is 2. The quantitative estimate of drug-likeness (QED) is 0.418. The zero-order valence-corrected chi connectivity index (χ0v) is 17.4. The maximum Gasteiger partial charge on any atom is 0.270 e. The van der Waals surface area contributed by atoms with Crippen molar-refractivity contribution in [1.82, 2.24) is 0 Å². The molecule has 1 spiro atoms. The molecular formula is C23H21N3O5. The van der Waals surface area contributed by atoms with Gasteiger partial charge in [0.2, 0.25) is 17.5 Å². The molecule has 1 atom stereocenters. The number of amides is 2. The summed E-state index contributed by atoms with van der Waals surface area (Å²) in [4.78, 5) is 38.4. The molecule has 2 aromatic carbocycles. The van der Waals surface area contributed by atoms with Crippen LogP contribution in [0.25, 0.3) is 6.08 Å². The lowest BCUT2D eigenvalue weighted by Crippen LogP contribution is -2.58. The number of hydrogen-bond donors (Lipinski definition) is 0. The van der Waals surface area contributed by atoms with Crippen molar-refractivity contribution < 1.29 is 19.2 Å². The number of carbonyl (C=O) groups excluding carboxylic acids is 2. The van der Waals surface area contributed by atoms with Crippen LogP contribution in [-0.2, 0) is 15.0 Å². The van der Waals surface area contributed by atoms with E-state index in [0.29, 0.717) is 17.0 Å². The van der Waals surface area contributed by atoms with Crippen molar-refractivity contribution in [2.24, 2.45) is 0 Å². The first kappa shape index (κ1) is 19.3. The van der Waals surface area contributed by atoms with Gasteiger partial charge < -0.3 is 9.64 Å². The van der Waals surface area contributed by atoms with E-state index >= 15 is 0 Å². The van der Waals surface area contributed by atoms with E-state index in [2.05, 4.69) is 0 Å². The molecule has 0 N–H and O–H groups in total. The van der Waals surface area contributed by atoms with Crippen LogP contribution in [0.5, 0.6) is 5.75 Å². The highest BCUT2D eigenvalue weighted by Crippen LogP contribution is 2.55. The van der Waals surface area contributed by atoms with E-state index in [0.717, 1.165) is 11.3 Å². The highest BCUT2D eigenvalue weighted by molar-refractivity contribution is 6.20. The maximum absolute atomic E-state index is 12.2. The van der Waals surface area contributed by atoms with Gasteiger partial charge in [-0.1, -0.05) is 0 Å². The highest BCUT2D eigenvalue weighted by Gasteiger charge is 2.58. The third kappa shape index (κ3) is 2.47. The molecular weight excluding hydrogens is 398 g/mol. The molecule has 31 heavy (non-hydrogen) atoms. The zero-order valence-electron chi connectivity index (χ0n) is 17.4. The van der Waals surface area contributed by atoms with E-state index < -0.39 is 16.1 Å². The molecule has 158 valence electrons. The van der Waals surface area contributed by atoms with E-state index in [9.17, 15) is 19.7 Å². The minimum absolute atomic E-state index is 0.00913. The summed E-state index contributed by atoms with van der Waals surface area (Å²) in [7, 11) is 1.93. The Bertz CT molecular complexity index is 1190. The molecule has 0 aliphatic carbocycles. The highest BCUT2D eigenvalue weighted by atomic mass is 16.6. The van der Waals surface area contributed by atoms with Crippen LogP contribution in [0.4, 0.5) is 17.1 Å². The lowest BCUT2D eigenvalue weighted by Gasteiger charge is -2.45. The summed E-state index contributed by atoms with van der Waals surface area (Å²) in [5.41, 5.74) is 1.70. The Kier molecular flexibility index (Phi) is 3.84. The number of nitro groups is 1. The summed E-state index contributed by atoms with van der Waals surface area (Å²) in [6, 6.07) is 10.1. The average Bonchev–Trinajstić information content (AvgIpc) is 3.15. The first-order valence-corrected chi connectivity index (χ1v) is 10.1. The summed E-state index contributed by atoms with van der Waals surface area (Å²) in [5, 5.41) is 11.1. The monoisotopic (exact) mass is 419 g/mol. The number of likely N-dealkylation sites (N-methyl/N-ethyl adjacent to an activating group) is 1. The Morgan fingerprint density at radius 1 is 1.06 bits per heavy atom. The molecule has 3 aliphatic rings. The van der Waals surface area contributed by atoms with E-state index in [1.165, 1.54) is 17.0 Å². The van der Waals surface area contributed by atoms with Gasteiger partial charge in [-0.2, -0.15) is 0 Å². The largest absolute Gasteiger partial charge is 0.463 e. The van der Waals surface area contributed by atoms with Crippen LogP contribution < -0.4 is 14.5 Å². The zero-order chi connectivity index (χ0) is 22.1. The van der Waals surface area contributed by atoms with Gasteiger partial charge in [-0.25, -0.2) is 0 Å². The molecule has 2 aromatic rings. The number of nitrogens with zero attached hydrogens (tertiary/aromatic N) is 3. The normalized spacial score (nSPS) is 23.2. The molecule has 8 heteroatoms. The number of rotatable bonds is 2. The van der Waals surface area contributed by atoms with Gasteiger partial charge in [0, 0.05) is 43.3 Å². The molecule has 8 nitrogen and oxygen atoms in total. The summed E-state index contributed by atoms with van der Waals surface area (Å²) in [6.45, 7) is 4.10. The first-order chi connectivity index (χ1) is 14.7. The molecule has 1 unspecified atom stereocenters. The van der Waals surface area contributed by atoms with Crippen LogP contribution in [0, 0.1) is 10.1 Å². The summed E-state index contributed by atoms with van der Waals surface area (Å²) in [6.07, 6.45) is 4.24. The predicted octanol–water partition coefficient (Wildman–Crippen LogP) is 3.78. The van der Waals surface area contributed by atoms with E-state index in [1.807, 2.05) is 50.1 Å². The van der Waals surface area contributed by atoms with Crippen LogP contribution in [0.3, 0.4) is 0 Å². The number of carbonyl (C=O) groups is 2. The van der Waals surface area contributed by atoms with Crippen molar-refractivity contribution in [3.63, 3.8) is 0 Å². The Hall–Kier alpha value is -3.68. The van der Waals surface area contributed by atoms with Crippen LogP contribution >= 0.6 is 0 Å². The fraction of sp³-hybridized carbons (Fsp3) is 0.304. The van der Waals surface area contributed by atoms with E-state index in [4.69, 9.17) is 4.74 Å². The maximum atomic E-state index is 12.2. The van der Waals surface area contributed by atoms with Crippen molar-refractivity contribution in [3.05, 3.63) is 63.7 Å². The van der Waals surface area contributed by atoms with Crippen molar-refractivity contribution in [2.75, 3.05) is 16.8 Å². The molecule has 5 rings (SSSR count). The van der Waals surface area contributed by atoms with Gasteiger partial charge in [0.1, 0.15) is 5.75 Å². The van der Waals surface area contributed by atoms with Gasteiger partial charge in [0.05, 0.1) is 16.0 Å². The van der Waals surface area contributed by atoms with Gasteiger partial charge in [0.15, 0.2) is 0 Å². The van der Waals surface area contributed by atoms with Gasteiger partial charge in [-0.05, 0) is 55.8 Å². The molecule has 1 saturated heterocycles. The number of imide groups is 1. The molecule has 0 radical (unpaired) electrons. The van der Waals surface area contributed by atoms with Crippen molar-refractivity contribution in [2.45, 2.75) is 37.8 Å². The lowest BCUT2D eigenvalue weighted by molar-refractivity contribution is -0.384. The second-order valence-electron chi connectivity index (χ2n) is 8.62. The molecule has 3 aliphatic heterocycles. The fourth-order valence-electron chi connectivity index (χ4n) is 4.91. The van der Waals surface area contributed by atoms with Crippen molar-refractivity contribution >= 4 is 35.0 Å². The Morgan fingerprint density at radius 3 is 2.45 bits per heavy atom. The first-order valence-electron chi connectivity index (χ1n) is 10.1. The number of ether oxygens (including phenoxy) is 1. The molecule has 2 amide bonds. The molecule has 1 fully saturated rings. The average molecular weight is 419 g/mol. The van der Waals surface area contributed by atoms with Gasteiger partial charge in [0.25, 0.3) is 5.69 Å². The molecule has 0 saturated carbocycles. The van der Waals surface area contributed by atoms with Crippen LogP contribution in [0.1, 0.15) is 37.8 Å². The van der Waals surface area contributed by atoms with E-state index in [-0.39, 0.29) is 30.3 Å². The number of anilines is 2. The number of fused-ring (bicyclic) bond motifs is 2. The second kappa shape index (κ2) is 6.16. The smallest absolute Gasteiger partial charge is 0.270 e. The third-order valence-electron chi connectivity index (χ3n) is 6.68. The summed E-state index contributed by atoms with van der Waals surface area (Å²) < 4.78 is 6.50. The Labute approximate surface area is 178 Å². The van der Waals surface area contributed by atoms with Crippen LogP contribution in [0.2, 0.25) is 0 Å². The molecule has 3 heterocycles. The topological polar surface area (TPSA) is 93.0 Å². The Balaban J connectivity index is 1.59. The lowest BCUT2D eigenvalue weighted by atomic mass is 9.76. The van der Waals surface area contributed by atoms with Gasteiger partial charge in [-0.3, -0.25) is 24.6 Å². The Morgan fingerprint density at radius 2 is 1.77 bits per heavy atom. The van der Waals surface area contributed by atoms with E-state index in [1.54, 1.807) is 12.1 Å². The van der Waals surface area contributed by atoms with Crippen molar-refractivity contribution in [3.8, 4) is 5.75 Å². The number of nitro benzene ring substituents is 1. The van der Waals surface area contributed by atoms with Crippen LogP contribution in [-0.4, -0.2) is 29.5 Å². The molecule has 0 bridgehead atoms. The number of non-ortho nitro benzene ring substituents is 1. The predicted molar refractivity (Wildman–Crippen MR) is 115 cm³/mol. The van der Waals surface area contributed by atoms with Gasteiger partial charge in [-0.15, -0.1) is 0 Å². The fourth-order valence-corrected chi connectivity index (χ4v) is 4.91. The van der Waals surface area contributed by atoms with Crippen LogP contribution in [0.15, 0.2) is 42.5 Å². The van der Waals surface area contributed by atoms with Crippen molar-refractivity contribution in [1.29, 1.82) is 0 Å².